The Bertz CT molecular complexity index is 561. The molecule has 1 fully saturated rings. The quantitative estimate of drug-likeness (QED) is 0.775. The second-order valence-electron chi connectivity index (χ2n) is 7.05. The molecule has 24 heavy (non-hydrogen) atoms. The molecule has 6 nitrogen and oxygen atoms in total. The van der Waals surface area contributed by atoms with Crippen molar-refractivity contribution in [3.8, 4) is 0 Å². The highest BCUT2D eigenvalue weighted by Gasteiger charge is 2.22. The van der Waals surface area contributed by atoms with Crippen LogP contribution in [0.25, 0.3) is 0 Å². The first kappa shape index (κ1) is 18.1. The Morgan fingerprint density at radius 3 is 2.21 bits per heavy atom. The van der Waals surface area contributed by atoms with Crippen LogP contribution < -0.4 is 21.3 Å². The summed E-state index contributed by atoms with van der Waals surface area (Å²) in [4.78, 5) is 25.5. The number of rotatable bonds is 5. The first-order valence-electron chi connectivity index (χ1n) is 8.58. The number of anilines is 2. The third-order valence-electron chi connectivity index (χ3n) is 4.16. The van der Waals surface area contributed by atoms with Crippen LogP contribution in [-0.2, 0) is 4.79 Å². The van der Waals surface area contributed by atoms with Crippen molar-refractivity contribution in [1.82, 2.24) is 5.32 Å². The Morgan fingerprint density at radius 1 is 1.08 bits per heavy atom. The van der Waals surface area contributed by atoms with Gasteiger partial charge in [-0.25, -0.2) is 4.79 Å². The predicted octanol–water partition coefficient (Wildman–Crippen LogP) is 2.84. The summed E-state index contributed by atoms with van der Waals surface area (Å²) in [5.41, 5.74) is 6.43. The Kier molecular flexibility index (Phi) is 6.06. The van der Waals surface area contributed by atoms with Gasteiger partial charge in [-0.3, -0.25) is 4.79 Å². The number of benzene rings is 1. The zero-order chi connectivity index (χ0) is 17.6. The second-order valence-corrected chi connectivity index (χ2v) is 7.05. The number of nitrogens with zero attached hydrogens (tertiary/aromatic N) is 1. The molecule has 2 rings (SSSR count). The first-order chi connectivity index (χ1) is 11.4. The predicted molar refractivity (Wildman–Crippen MR) is 97.2 cm³/mol. The van der Waals surface area contributed by atoms with E-state index < -0.39 is 11.4 Å². The molecule has 4 N–H and O–H groups in total. The zero-order valence-corrected chi connectivity index (χ0v) is 14.6. The number of urea groups is 1. The summed E-state index contributed by atoms with van der Waals surface area (Å²) in [7, 11) is 0. The first-order valence-corrected chi connectivity index (χ1v) is 8.58. The molecule has 6 heteroatoms. The van der Waals surface area contributed by atoms with Crippen LogP contribution in [0.15, 0.2) is 24.3 Å². The lowest BCUT2D eigenvalue weighted by molar-refractivity contribution is -0.119. The van der Waals surface area contributed by atoms with Crippen LogP contribution in [0.1, 0.15) is 46.0 Å². The molecular weight excluding hydrogens is 304 g/mol. The number of amides is 3. The lowest BCUT2D eigenvalue weighted by atomic mass is 10.0. The Labute approximate surface area is 143 Å². The van der Waals surface area contributed by atoms with E-state index in [-0.39, 0.29) is 12.5 Å². The lowest BCUT2D eigenvalue weighted by Crippen LogP contribution is -2.47. The molecule has 3 amide bonds. The van der Waals surface area contributed by atoms with Gasteiger partial charge in [0.2, 0.25) is 5.91 Å². The van der Waals surface area contributed by atoms with Gasteiger partial charge in [-0.15, -0.1) is 0 Å². The molecule has 0 saturated carbocycles. The number of carbonyl (C=O) groups is 2. The largest absolute Gasteiger partial charge is 0.372 e. The maximum atomic E-state index is 12.1. The highest BCUT2D eigenvalue weighted by atomic mass is 16.2. The lowest BCUT2D eigenvalue weighted by Gasteiger charge is -2.25. The third-order valence-corrected chi connectivity index (χ3v) is 4.16. The van der Waals surface area contributed by atoms with Crippen LogP contribution in [0.5, 0.6) is 0 Å². The molecule has 0 unspecified atom stereocenters. The molecule has 1 aromatic rings. The second kappa shape index (κ2) is 8.04. The fraction of sp³-hybridized carbons (Fsp3) is 0.556. The maximum Gasteiger partial charge on any atom is 0.319 e. The van der Waals surface area contributed by atoms with Gasteiger partial charge in [0.25, 0.3) is 0 Å². The molecule has 0 spiro atoms. The molecule has 132 valence electrons. The summed E-state index contributed by atoms with van der Waals surface area (Å²) in [5, 5.41) is 5.55. The average molecular weight is 332 g/mol. The highest BCUT2D eigenvalue weighted by molar-refractivity contribution is 5.90. The van der Waals surface area contributed by atoms with E-state index in [0.717, 1.165) is 18.8 Å². The minimum absolute atomic E-state index is 0.0916. The molecule has 1 saturated heterocycles. The normalized spacial score (nSPS) is 15.5. The van der Waals surface area contributed by atoms with E-state index in [0.29, 0.717) is 0 Å². The van der Waals surface area contributed by atoms with Crippen molar-refractivity contribution in [3.63, 3.8) is 0 Å². The Morgan fingerprint density at radius 2 is 1.67 bits per heavy atom. The third kappa shape index (κ3) is 5.76. The van der Waals surface area contributed by atoms with E-state index in [1.807, 2.05) is 24.3 Å². The van der Waals surface area contributed by atoms with Gasteiger partial charge in [0.05, 0.1) is 0 Å². The van der Waals surface area contributed by atoms with Crippen molar-refractivity contribution >= 4 is 23.3 Å². The van der Waals surface area contributed by atoms with Crippen LogP contribution in [0.2, 0.25) is 0 Å². The molecule has 0 bridgehead atoms. The monoisotopic (exact) mass is 332 g/mol. The number of carbonyl (C=O) groups excluding carboxylic acids is 2. The summed E-state index contributed by atoms with van der Waals surface area (Å²) in [5.74, 6) is -0.442. The molecule has 0 aromatic heterocycles. The van der Waals surface area contributed by atoms with E-state index >= 15 is 0 Å². The van der Waals surface area contributed by atoms with E-state index in [1.54, 1.807) is 13.8 Å². The molecule has 0 aliphatic carbocycles. The molecule has 1 aliphatic rings. The SMILES string of the molecule is CC(C)(CC(N)=O)NC(=O)Nc1ccc(N2CCCCCC2)cc1. The van der Waals surface area contributed by atoms with Crippen LogP contribution in [0.3, 0.4) is 0 Å². The maximum absolute atomic E-state index is 12.1. The van der Waals surface area contributed by atoms with E-state index in [1.165, 1.54) is 31.4 Å². The number of nitrogens with one attached hydrogen (secondary N) is 2. The fourth-order valence-electron chi connectivity index (χ4n) is 3.03. The van der Waals surface area contributed by atoms with Crippen LogP contribution in [0, 0.1) is 0 Å². The number of primary amides is 1. The van der Waals surface area contributed by atoms with Gasteiger partial charge in [-0.1, -0.05) is 12.8 Å². The Balaban J connectivity index is 1.91. The Hall–Kier alpha value is -2.24. The van der Waals surface area contributed by atoms with Gasteiger partial charge >= 0.3 is 6.03 Å². The van der Waals surface area contributed by atoms with Crippen LogP contribution in [-0.4, -0.2) is 30.6 Å². The van der Waals surface area contributed by atoms with Crippen molar-refractivity contribution in [2.75, 3.05) is 23.3 Å². The van der Waals surface area contributed by atoms with Crippen molar-refractivity contribution in [3.05, 3.63) is 24.3 Å². The number of hydrogen-bond donors (Lipinski definition) is 3. The molecule has 1 aromatic carbocycles. The summed E-state index contributed by atoms with van der Waals surface area (Å²) in [6.07, 6.45) is 5.16. The van der Waals surface area contributed by atoms with Gasteiger partial charge < -0.3 is 21.3 Å². The molecule has 0 radical (unpaired) electrons. The van der Waals surface area contributed by atoms with E-state index in [2.05, 4.69) is 15.5 Å². The van der Waals surface area contributed by atoms with Gasteiger partial charge in [0.15, 0.2) is 0 Å². The van der Waals surface area contributed by atoms with Gasteiger partial charge in [0.1, 0.15) is 0 Å². The van der Waals surface area contributed by atoms with Gasteiger partial charge in [0, 0.05) is 36.4 Å². The van der Waals surface area contributed by atoms with Crippen LogP contribution in [0.4, 0.5) is 16.2 Å². The summed E-state index contributed by atoms with van der Waals surface area (Å²) in [6.45, 7) is 5.71. The topological polar surface area (TPSA) is 87.5 Å². The number of hydrogen-bond acceptors (Lipinski definition) is 3. The van der Waals surface area contributed by atoms with E-state index in [4.69, 9.17) is 5.73 Å². The highest BCUT2D eigenvalue weighted by Crippen LogP contribution is 2.21. The standard InChI is InChI=1S/C18H28N4O2/c1-18(2,13-16(19)23)21-17(24)20-14-7-9-15(10-8-14)22-11-5-3-4-6-12-22/h7-10H,3-6,11-13H2,1-2H3,(H2,19,23)(H2,20,21,24). The fourth-order valence-corrected chi connectivity index (χ4v) is 3.03. The molecule has 1 heterocycles. The van der Waals surface area contributed by atoms with Gasteiger partial charge in [-0.05, 0) is 51.0 Å². The molecule has 0 atom stereocenters. The summed E-state index contributed by atoms with van der Waals surface area (Å²) >= 11 is 0. The van der Waals surface area contributed by atoms with E-state index in [9.17, 15) is 9.59 Å². The van der Waals surface area contributed by atoms with Crippen molar-refractivity contribution < 1.29 is 9.59 Å². The molecular formula is C18H28N4O2. The minimum Gasteiger partial charge on any atom is -0.372 e. The average Bonchev–Trinajstić information content (AvgIpc) is 2.75. The molecule has 1 aliphatic heterocycles. The summed E-state index contributed by atoms with van der Waals surface area (Å²) in [6, 6.07) is 7.54. The number of nitrogens with two attached hydrogens (primary N) is 1. The van der Waals surface area contributed by atoms with Crippen molar-refractivity contribution in [2.24, 2.45) is 5.73 Å². The van der Waals surface area contributed by atoms with Crippen molar-refractivity contribution in [1.29, 1.82) is 0 Å². The zero-order valence-electron chi connectivity index (χ0n) is 14.6. The minimum atomic E-state index is -0.679. The van der Waals surface area contributed by atoms with Gasteiger partial charge in [-0.2, -0.15) is 0 Å². The van der Waals surface area contributed by atoms with Crippen molar-refractivity contribution in [2.45, 2.75) is 51.5 Å². The summed E-state index contributed by atoms with van der Waals surface area (Å²) < 4.78 is 0. The smallest absolute Gasteiger partial charge is 0.319 e. The van der Waals surface area contributed by atoms with Crippen LogP contribution >= 0.6 is 0 Å².